The van der Waals surface area contributed by atoms with Gasteiger partial charge in [0, 0.05) is 17.1 Å². The van der Waals surface area contributed by atoms with Crippen molar-refractivity contribution in [2.45, 2.75) is 12.8 Å². The largest absolute Gasteiger partial charge is 0.346 e. The summed E-state index contributed by atoms with van der Waals surface area (Å²) in [7, 11) is 0. The molecule has 2 aromatic carbocycles. The molecule has 88 valence electrons. The fourth-order valence-electron chi connectivity index (χ4n) is 2.92. The molecule has 0 saturated heterocycles. The Bertz CT molecular complexity index is 750. The summed E-state index contributed by atoms with van der Waals surface area (Å²) < 4.78 is 0. The van der Waals surface area contributed by atoms with Gasteiger partial charge in [0.25, 0.3) is 5.69 Å². The minimum Gasteiger partial charge on any atom is -0.346 e. The molecule has 0 fully saturated rings. The van der Waals surface area contributed by atoms with Gasteiger partial charge in [-0.25, -0.2) is 4.99 Å². The Morgan fingerprint density at radius 1 is 1.22 bits per heavy atom. The van der Waals surface area contributed by atoms with Gasteiger partial charge in [-0.1, -0.05) is 6.07 Å². The van der Waals surface area contributed by atoms with Crippen molar-refractivity contribution in [1.29, 1.82) is 0 Å². The van der Waals surface area contributed by atoms with Gasteiger partial charge >= 0.3 is 0 Å². The Morgan fingerprint density at radius 3 is 2.89 bits per heavy atom. The first kappa shape index (κ1) is 9.58. The topological polar surface area (TPSA) is 67.5 Å². The summed E-state index contributed by atoms with van der Waals surface area (Å²) in [6, 6.07) is 5.75. The van der Waals surface area contributed by atoms with E-state index in [0.29, 0.717) is 5.69 Å². The lowest BCUT2D eigenvalue weighted by Gasteiger charge is -2.14. The number of nitro benzene ring substituents is 1. The Labute approximate surface area is 102 Å². The second-order valence-electron chi connectivity index (χ2n) is 4.59. The van der Waals surface area contributed by atoms with E-state index in [-0.39, 0.29) is 10.6 Å². The van der Waals surface area contributed by atoms with E-state index in [1.54, 1.807) is 6.07 Å². The number of nitrogens with zero attached hydrogens (tertiary/aromatic N) is 2. The molecule has 1 aliphatic heterocycles. The molecule has 0 amide bonds. The van der Waals surface area contributed by atoms with E-state index in [4.69, 9.17) is 0 Å². The van der Waals surface area contributed by atoms with Crippen LogP contribution in [0.15, 0.2) is 23.2 Å². The summed E-state index contributed by atoms with van der Waals surface area (Å²) in [6.07, 6.45) is 3.35. The minimum absolute atomic E-state index is 0.107. The van der Waals surface area contributed by atoms with E-state index < -0.39 is 0 Å². The van der Waals surface area contributed by atoms with Gasteiger partial charge in [-0.15, -0.1) is 0 Å². The highest BCUT2D eigenvalue weighted by atomic mass is 16.6. The van der Waals surface area contributed by atoms with Crippen LogP contribution in [0.4, 0.5) is 17.1 Å². The number of benzene rings is 2. The molecule has 2 aromatic rings. The molecule has 1 aliphatic carbocycles. The van der Waals surface area contributed by atoms with Crippen LogP contribution in [0.3, 0.4) is 0 Å². The van der Waals surface area contributed by atoms with E-state index in [9.17, 15) is 10.1 Å². The predicted molar refractivity (Wildman–Crippen MR) is 69.8 cm³/mol. The first-order valence-electron chi connectivity index (χ1n) is 5.80. The van der Waals surface area contributed by atoms with Crippen LogP contribution >= 0.6 is 0 Å². The molecule has 5 heteroatoms. The molecule has 0 atom stereocenters. The van der Waals surface area contributed by atoms with Gasteiger partial charge in [-0.2, -0.15) is 0 Å². The van der Waals surface area contributed by atoms with Crippen molar-refractivity contribution < 1.29 is 4.92 Å². The number of aryl methyl sites for hydroxylation is 2. The molecule has 0 radical (unpaired) electrons. The molecular weight excluding hydrogens is 230 g/mol. The maximum Gasteiger partial charge on any atom is 0.295 e. The van der Waals surface area contributed by atoms with E-state index >= 15 is 0 Å². The monoisotopic (exact) mass is 239 g/mol. The molecule has 0 aromatic heterocycles. The third-order valence-electron chi connectivity index (χ3n) is 3.68. The smallest absolute Gasteiger partial charge is 0.295 e. The quantitative estimate of drug-likeness (QED) is 0.614. The van der Waals surface area contributed by atoms with Crippen LogP contribution in [0.1, 0.15) is 11.1 Å². The van der Waals surface area contributed by atoms with Crippen LogP contribution in [0.25, 0.3) is 10.8 Å². The predicted octanol–water partition coefficient (Wildman–Crippen LogP) is 2.93. The number of hydrogen-bond acceptors (Lipinski definition) is 4. The molecule has 0 bridgehead atoms. The number of hydrogen-bond donors (Lipinski definition) is 1. The average molecular weight is 239 g/mol. The summed E-state index contributed by atoms with van der Waals surface area (Å²) in [5, 5.41) is 16.3. The van der Waals surface area contributed by atoms with Crippen molar-refractivity contribution in [1.82, 2.24) is 0 Å². The SMILES string of the molecule is O=[N+]([O-])c1cc2c3c(ccc4c3c1N=CN4)CC2. The Hall–Kier alpha value is -2.43. The third-order valence-corrected chi connectivity index (χ3v) is 3.68. The lowest BCUT2D eigenvalue weighted by Crippen LogP contribution is -2.02. The highest BCUT2D eigenvalue weighted by molar-refractivity contribution is 6.13. The second-order valence-corrected chi connectivity index (χ2v) is 4.59. The summed E-state index contributed by atoms with van der Waals surface area (Å²) >= 11 is 0. The zero-order valence-corrected chi connectivity index (χ0v) is 9.43. The summed E-state index contributed by atoms with van der Waals surface area (Å²) in [5.74, 6) is 0. The second kappa shape index (κ2) is 3.07. The molecule has 5 nitrogen and oxygen atoms in total. The lowest BCUT2D eigenvalue weighted by atomic mass is 9.99. The third kappa shape index (κ3) is 1.03. The van der Waals surface area contributed by atoms with Gasteiger partial charge in [0.15, 0.2) is 5.69 Å². The van der Waals surface area contributed by atoms with E-state index in [0.717, 1.165) is 34.9 Å². The van der Waals surface area contributed by atoms with Crippen LogP contribution in [-0.4, -0.2) is 11.3 Å². The van der Waals surface area contributed by atoms with Gasteiger partial charge < -0.3 is 5.32 Å². The molecule has 0 spiro atoms. The molecule has 0 saturated carbocycles. The van der Waals surface area contributed by atoms with Gasteiger partial charge in [0.1, 0.15) is 0 Å². The number of rotatable bonds is 1. The van der Waals surface area contributed by atoms with Crippen molar-refractivity contribution in [3.8, 4) is 0 Å². The maximum atomic E-state index is 11.2. The molecule has 2 aliphatic rings. The Morgan fingerprint density at radius 2 is 2.06 bits per heavy atom. The molecule has 18 heavy (non-hydrogen) atoms. The molecule has 0 unspecified atom stereocenters. The van der Waals surface area contributed by atoms with Gasteiger partial charge in [-0.3, -0.25) is 10.1 Å². The van der Waals surface area contributed by atoms with Crippen LogP contribution in [0, 0.1) is 10.1 Å². The molecule has 1 N–H and O–H groups in total. The van der Waals surface area contributed by atoms with E-state index in [1.807, 2.05) is 6.07 Å². The lowest BCUT2D eigenvalue weighted by molar-refractivity contribution is -0.384. The highest BCUT2D eigenvalue weighted by Crippen LogP contribution is 2.46. The van der Waals surface area contributed by atoms with E-state index in [2.05, 4.69) is 16.4 Å². The van der Waals surface area contributed by atoms with Crippen molar-refractivity contribution >= 4 is 34.2 Å². The Balaban J connectivity index is 2.26. The van der Waals surface area contributed by atoms with Crippen molar-refractivity contribution in [3.05, 3.63) is 39.4 Å². The van der Waals surface area contributed by atoms with Crippen molar-refractivity contribution in [3.63, 3.8) is 0 Å². The number of aliphatic imine (C=N–C) groups is 1. The number of anilines is 1. The van der Waals surface area contributed by atoms with Crippen LogP contribution in [0.5, 0.6) is 0 Å². The van der Waals surface area contributed by atoms with Crippen molar-refractivity contribution in [2.24, 2.45) is 4.99 Å². The normalized spacial score (nSPS) is 14.9. The maximum absolute atomic E-state index is 11.2. The van der Waals surface area contributed by atoms with Crippen LogP contribution < -0.4 is 5.32 Å². The van der Waals surface area contributed by atoms with Gasteiger partial charge in [0.05, 0.1) is 11.3 Å². The first-order chi connectivity index (χ1) is 8.75. The molecular formula is C13H9N3O2. The molecule has 1 heterocycles. The summed E-state index contributed by atoms with van der Waals surface area (Å²) in [5.41, 5.74) is 3.83. The van der Waals surface area contributed by atoms with Crippen LogP contribution in [0.2, 0.25) is 0 Å². The minimum atomic E-state index is -0.345. The van der Waals surface area contributed by atoms with Crippen LogP contribution in [-0.2, 0) is 12.8 Å². The van der Waals surface area contributed by atoms with Crippen molar-refractivity contribution in [2.75, 3.05) is 5.32 Å². The molecule has 4 rings (SSSR count). The van der Waals surface area contributed by atoms with Gasteiger partial charge in [0.2, 0.25) is 0 Å². The first-order valence-corrected chi connectivity index (χ1v) is 5.80. The fraction of sp³-hybridized carbons (Fsp3) is 0.154. The zero-order chi connectivity index (χ0) is 12.3. The summed E-state index contributed by atoms with van der Waals surface area (Å²) in [4.78, 5) is 15.0. The average Bonchev–Trinajstić information content (AvgIpc) is 2.80. The summed E-state index contributed by atoms with van der Waals surface area (Å²) in [6.45, 7) is 0. The fourth-order valence-corrected chi connectivity index (χ4v) is 2.92. The Kier molecular flexibility index (Phi) is 1.63. The zero-order valence-electron chi connectivity index (χ0n) is 9.43. The highest BCUT2D eigenvalue weighted by Gasteiger charge is 2.27. The van der Waals surface area contributed by atoms with E-state index in [1.165, 1.54) is 11.9 Å². The number of nitro groups is 1. The standard InChI is InChI=1S/C13H9N3O2/c17-16(18)10-5-8-2-1-7-3-4-9-12(11(7)8)13(10)15-6-14-9/h3-6H,1-2H2,(H,14,15). The van der Waals surface area contributed by atoms with Gasteiger partial charge in [-0.05, 0) is 35.4 Å². The number of nitrogens with one attached hydrogen (secondary N) is 1.